The second-order valence-corrected chi connectivity index (χ2v) is 6.43. The average Bonchev–Trinajstić information content (AvgIpc) is 3.24. The molecule has 0 aliphatic carbocycles. The molecule has 0 aromatic carbocycles. The van der Waals surface area contributed by atoms with Gasteiger partial charge in [0, 0.05) is 19.3 Å². The van der Waals surface area contributed by atoms with Crippen molar-refractivity contribution in [2.45, 2.75) is 18.9 Å². The third-order valence-electron chi connectivity index (χ3n) is 4.01. The van der Waals surface area contributed by atoms with E-state index in [1.807, 2.05) is 5.38 Å². The van der Waals surface area contributed by atoms with Gasteiger partial charge in [-0.05, 0) is 36.4 Å². The van der Waals surface area contributed by atoms with E-state index >= 15 is 0 Å². The zero-order valence-corrected chi connectivity index (χ0v) is 13.1. The van der Waals surface area contributed by atoms with Gasteiger partial charge in [-0.25, -0.2) is 4.98 Å². The summed E-state index contributed by atoms with van der Waals surface area (Å²) >= 11 is 1.36. The van der Waals surface area contributed by atoms with Gasteiger partial charge in [0.05, 0.1) is 17.2 Å². The van der Waals surface area contributed by atoms with Crippen LogP contribution in [0.5, 0.6) is 0 Å². The van der Waals surface area contributed by atoms with Crippen molar-refractivity contribution < 1.29 is 9.53 Å². The molecule has 1 unspecified atom stereocenters. The highest BCUT2D eigenvalue weighted by atomic mass is 32.1. The summed E-state index contributed by atoms with van der Waals surface area (Å²) in [4.78, 5) is 29.4. The molecular formula is C16H15N3O3S. The third kappa shape index (κ3) is 2.51. The number of carbonyl (C=O) groups excluding carboxylic acids is 1. The molecule has 6 nitrogen and oxygen atoms in total. The van der Waals surface area contributed by atoms with Crippen molar-refractivity contribution in [3.63, 3.8) is 0 Å². The topological polar surface area (TPSA) is 72.7 Å². The minimum absolute atomic E-state index is 0.0770. The van der Waals surface area contributed by atoms with Gasteiger partial charge in [0.2, 0.25) is 0 Å². The van der Waals surface area contributed by atoms with Crippen molar-refractivity contribution in [3.8, 4) is 0 Å². The van der Waals surface area contributed by atoms with Crippen LogP contribution in [0.1, 0.15) is 23.2 Å². The first kappa shape index (κ1) is 14.3. The number of nitrogens with one attached hydrogen (secondary N) is 1. The molecule has 1 saturated heterocycles. The number of carbonyl (C=O) groups is 1. The zero-order chi connectivity index (χ0) is 15.8. The molecule has 118 valence electrons. The Morgan fingerprint density at radius 3 is 3.22 bits per heavy atom. The summed E-state index contributed by atoms with van der Waals surface area (Å²) in [6.07, 6.45) is 3.71. The van der Waals surface area contributed by atoms with E-state index in [4.69, 9.17) is 4.74 Å². The van der Waals surface area contributed by atoms with Crippen LogP contribution in [0, 0.1) is 0 Å². The fourth-order valence-electron chi connectivity index (χ4n) is 2.84. The molecule has 1 aliphatic rings. The maximum Gasteiger partial charge on any atom is 0.275 e. The first-order valence-electron chi connectivity index (χ1n) is 7.52. The Morgan fingerprint density at radius 1 is 1.48 bits per heavy atom. The second-order valence-electron chi connectivity index (χ2n) is 5.51. The van der Waals surface area contributed by atoms with Gasteiger partial charge in [-0.3, -0.25) is 14.0 Å². The summed E-state index contributed by atoms with van der Waals surface area (Å²) in [5.41, 5.74) is 1.26. The van der Waals surface area contributed by atoms with Gasteiger partial charge in [0.15, 0.2) is 5.65 Å². The molecule has 1 N–H and O–H groups in total. The summed E-state index contributed by atoms with van der Waals surface area (Å²) in [5.74, 6) is -0.236. The Balaban J connectivity index is 1.72. The monoisotopic (exact) mass is 329 g/mol. The normalized spacial score (nSPS) is 17.8. The van der Waals surface area contributed by atoms with E-state index < -0.39 is 0 Å². The van der Waals surface area contributed by atoms with Crippen LogP contribution in [-0.2, 0) is 4.74 Å². The van der Waals surface area contributed by atoms with Gasteiger partial charge in [0.1, 0.15) is 4.70 Å². The van der Waals surface area contributed by atoms with E-state index in [2.05, 4.69) is 10.3 Å². The van der Waals surface area contributed by atoms with Gasteiger partial charge >= 0.3 is 0 Å². The van der Waals surface area contributed by atoms with Crippen LogP contribution in [0.4, 0.5) is 0 Å². The Labute approximate surface area is 135 Å². The van der Waals surface area contributed by atoms with Crippen molar-refractivity contribution in [1.29, 1.82) is 0 Å². The number of fused-ring (bicyclic) bond motifs is 2. The van der Waals surface area contributed by atoms with Gasteiger partial charge in [0.25, 0.3) is 11.5 Å². The van der Waals surface area contributed by atoms with E-state index in [9.17, 15) is 9.59 Å². The molecule has 1 aliphatic heterocycles. The van der Waals surface area contributed by atoms with Gasteiger partial charge in [-0.1, -0.05) is 0 Å². The van der Waals surface area contributed by atoms with Crippen molar-refractivity contribution >= 4 is 33.1 Å². The van der Waals surface area contributed by atoms with E-state index in [-0.39, 0.29) is 17.6 Å². The summed E-state index contributed by atoms with van der Waals surface area (Å²) in [7, 11) is 0. The molecule has 1 amide bonds. The number of hydrogen-bond acceptors (Lipinski definition) is 5. The lowest BCUT2D eigenvalue weighted by molar-refractivity contribution is 0.0858. The number of thiophene rings is 1. The first-order valence-corrected chi connectivity index (χ1v) is 8.40. The minimum Gasteiger partial charge on any atom is -0.376 e. The summed E-state index contributed by atoms with van der Waals surface area (Å²) < 4.78 is 7.54. The van der Waals surface area contributed by atoms with Crippen molar-refractivity contribution in [3.05, 3.63) is 45.7 Å². The maximum absolute atomic E-state index is 12.5. The highest BCUT2D eigenvalue weighted by molar-refractivity contribution is 7.17. The molecule has 0 bridgehead atoms. The van der Waals surface area contributed by atoms with Crippen LogP contribution < -0.4 is 10.9 Å². The lowest BCUT2D eigenvalue weighted by Crippen LogP contribution is -2.32. The van der Waals surface area contributed by atoms with Crippen molar-refractivity contribution in [1.82, 2.24) is 14.7 Å². The molecule has 23 heavy (non-hydrogen) atoms. The van der Waals surface area contributed by atoms with Crippen molar-refractivity contribution in [2.24, 2.45) is 0 Å². The van der Waals surface area contributed by atoms with Gasteiger partial charge in [-0.15, -0.1) is 11.3 Å². The highest BCUT2D eigenvalue weighted by Gasteiger charge is 2.19. The SMILES string of the molecule is O=C(NCC1CCCO1)c1cccn2c(=O)c3sccc3nc12. The standard InChI is InChI=1S/C16H15N3O3S/c20-15(17-9-10-3-2-7-22-10)11-4-1-6-19-14(11)18-12-5-8-23-13(12)16(19)21/h1,4-6,8,10H,2-3,7,9H2,(H,17,20). The van der Waals surface area contributed by atoms with E-state index in [0.717, 1.165) is 19.4 Å². The maximum atomic E-state index is 12.5. The summed E-state index contributed by atoms with van der Waals surface area (Å²) in [5, 5.41) is 4.71. The highest BCUT2D eigenvalue weighted by Crippen LogP contribution is 2.17. The number of hydrogen-bond donors (Lipinski definition) is 1. The van der Waals surface area contributed by atoms with Crippen LogP contribution in [-0.4, -0.2) is 34.5 Å². The number of rotatable bonds is 3. The molecule has 1 atom stereocenters. The molecule has 3 aromatic rings. The number of aromatic nitrogens is 2. The van der Waals surface area contributed by atoms with Crippen LogP contribution in [0.2, 0.25) is 0 Å². The molecule has 3 aromatic heterocycles. The Hall–Kier alpha value is -2.25. The Morgan fingerprint density at radius 2 is 2.39 bits per heavy atom. The minimum atomic E-state index is -0.236. The van der Waals surface area contributed by atoms with Crippen molar-refractivity contribution in [2.75, 3.05) is 13.2 Å². The van der Waals surface area contributed by atoms with Crippen LogP contribution in [0.25, 0.3) is 15.9 Å². The Kier molecular flexibility index (Phi) is 3.59. The smallest absolute Gasteiger partial charge is 0.275 e. The fraction of sp³-hybridized carbons (Fsp3) is 0.312. The summed E-state index contributed by atoms with van der Waals surface area (Å²) in [6.45, 7) is 1.23. The molecule has 4 heterocycles. The van der Waals surface area contributed by atoms with Crippen LogP contribution >= 0.6 is 11.3 Å². The Bertz CT molecular complexity index is 941. The van der Waals surface area contributed by atoms with Crippen LogP contribution in [0.15, 0.2) is 34.6 Å². The number of amides is 1. The summed E-state index contributed by atoms with van der Waals surface area (Å²) in [6, 6.07) is 5.17. The van der Waals surface area contributed by atoms with Gasteiger partial charge in [-0.2, -0.15) is 0 Å². The molecule has 0 saturated carbocycles. The quantitative estimate of drug-likeness (QED) is 0.795. The molecule has 4 rings (SSSR count). The zero-order valence-electron chi connectivity index (χ0n) is 12.3. The third-order valence-corrected chi connectivity index (χ3v) is 4.90. The van der Waals surface area contributed by atoms with Gasteiger partial charge < -0.3 is 10.1 Å². The molecule has 1 fully saturated rings. The lowest BCUT2D eigenvalue weighted by atomic mass is 10.2. The lowest BCUT2D eigenvalue weighted by Gasteiger charge is -2.12. The van der Waals surface area contributed by atoms with Crippen LogP contribution in [0.3, 0.4) is 0 Å². The average molecular weight is 329 g/mol. The van der Waals surface area contributed by atoms with E-state index in [1.54, 1.807) is 24.4 Å². The van der Waals surface area contributed by atoms with E-state index in [0.29, 0.717) is 28.0 Å². The number of pyridine rings is 1. The number of nitrogens with zero attached hydrogens (tertiary/aromatic N) is 2. The number of ether oxygens (including phenoxy) is 1. The fourth-order valence-corrected chi connectivity index (χ4v) is 3.60. The second kappa shape index (κ2) is 5.75. The first-order chi connectivity index (χ1) is 11.2. The van der Waals surface area contributed by atoms with E-state index in [1.165, 1.54) is 15.7 Å². The predicted octanol–water partition coefficient (Wildman–Crippen LogP) is 1.82. The predicted molar refractivity (Wildman–Crippen MR) is 88.2 cm³/mol. The molecular weight excluding hydrogens is 314 g/mol. The molecule has 0 radical (unpaired) electrons. The molecule has 0 spiro atoms. The largest absolute Gasteiger partial charge is 0.376 e. The molecule has 7 heteroatoms.